The number of rotatable bonds is 3. The van der Waals surface area contributed by atoms with Crippen LogP contribution in [0.4, 0.5) is 5.69 Å². The van der Waals surface area contributed by atoms with Crippen LogP contribution >= 0.6 is 15.9 Å². The minimum Gasteiger partial charge on any atom is -0.384 e. The van der Waals surface area contributed by atoms with Gasteiger partial charge < -0.3 is 15.4 Å². The summed E-state index contributed by atoms with van der Waals surface area (Å²) in [5.74, 6) is 0.104. The Labute approximate surface area is 116 Å². The number of anilines is 1. The van der Waals surface area contributed by atoms with Crippen LogP contribution in [0.1, 0.15) is 18.9 Å². The predicted molar refractivity (Wildman–Crippen MR) is 77.4 cm³/mol. The highest BCUT2D eigenvalue weighted by Crippen LogP contribution is 2.28. The first-order valence-electron chi connectivity index (χ1n) is 6.11. The van der Waals surface area contributed by atoms with Crippen LogP contribution in [0.15, 0.2) is 22.7 Å². The number of ether oxygens (including phenoxy) is 1. The Morgan fingerprint density at radius 2 is 2.39 bits per heavy atom. The Balaban J connectivity index is 2.39. The van der Waals surface area contributed by atoms with Crippen LogP contribution < -0.4 is 10.6 Å². The number of nitrogen functional groups attached to an aromatic ring is 1. The van der Waals surface area contributed by atoms with Crippen LogP contribution in [0, 0.1) is 5.41 Å². The van der Waals surface area contributed by atoms with E-state index in [1.807, 2.05) is 18.2 Å². The first kappa shape index (κ1) is 13.4. The molecule has 0 saturated carbocycles. The van der Waals surface area contributed by atoms with E-state index in [2.05, 4.69) is 27.8 Å². The van der Waals surface area contributed by atoms with Gasteiger partial charge in [0.25, 0.3) is 0 Å². The summed E-state index contributed by atoms with van der Waals surface area (Å²) in [7, 11) is 0. The van der Waals surface area contributed by atoms with Crippen molar-refractivity contribution in [2.45, 2.75) is 19.4 Å². The normalized spacial score (nSPS) is 19.9. The fourth-order valence-electron chi connectivity index (χ4n) is 2.28. The van der Waals surface area contributed by atoms with Crippen LogP contribution in [-0.4, -0.2) is 31.6 Å². The van der Waals surface area contributed by atoms with Gasteiger partial charge in [-0.1, -0.05) is 22.9 Å². The largest absolute Gasteiger partial charge is 0.384 e. The van der Waals surface area contributed by atoms with Crippen molar-refractivity contribution in [1.82, 2.24) is 0 Å². The average molecular weight is 312 g/mol. The Hall–Kier alpha value is -1.07. The van der Waals surface area contributed by atoms with E-state index in [0.717, 1.165) is 41.9 Å². The predicted octanol–water partition coefficient (Wildman–Crippen LogP) is 2.35. The molecule has 1 aromatic rings. The van der Waals surface area contributed by atoms with E-state index in [1.165, 1.54) is 0 Å². The van der Waals surface area contributed by atoms with Crippen LogP contribution in [0.2, 0.25) is 0 Å². The van der Waals surface area contributed by atoms with Gasteiger partial charge in [0, 0.05) is 22.3 Å². The second kappa shape index (κ2) is 5.71. The van der Waals surface area contributed by atoms with Gasteiger partial charge in [0.2, 0.25) is 0 Å². The summed E-state index contributed by atoms with van der Waals surface area (Å²) >= 11 is 3.43. The third kappa shape index (κ3) is 2.67. The smallest absolute Gasteiger partial charge is 0.124 e. The third-order valence-electron chi connectivity index (χ3n) is 3.26. The molecule has 1 atom stereocenters. The van der Waals surface area contributed by atoms with Crippen molar-refractivity contribution in [3.63, 3.8) is 0 Å². The van der Waals surface area contributed by atoms with Gasteiger partial charge in [0.15, 0.2) is 0 Å². The van der Waals surface area contributed by atoms with E-state index >= 15 is 0 Å². The number of morpholine rings is 1. The Morgan fingerprint density at radius 1 is 1.61 bits per heavy atom. The van der Waals surface area contributed by atoms with Crippen LogP contribution in [0.5, 0.6) is 0 Å². The van der Waals surface area contributed by atoms with Crippen molar-refractivity contribution < 1.29 is 4.74 Å². The van der Waals surface area contributed by atoms with Crippen molar-refractivity contribution >= 4 is 27.5 Å². The van der Waals surface area contributed by atoms with Crippen molar-refractivity contribution in [3.8, 4) is 0 Å². The average Bonchev–Trinajstić information content (AvgIpc) is 2.38. The molecule has 0 spiro atoms. The molecule has 1 aliphatic rings. The van der Waals surface area contributed by atoms with Gasteiger partial charge in [0.05, 0.1) is 19.3 Å². The van der Waals surface area contributed by atoms with E-state index < -0.39 is 0 Å². The SMILES string of the molecule is CCC1COCCN1c1ccc(Br)cc1C(=N)N. The zero-order valence-electron chi connectivity index (χ0n) is 10.4. The number of nitrogens with one attached hydrogen (secondary N) is 1. The molecule has 5 heteroatoms. The molecular weight excluding hydrogens is 294 g/mol. The molecule has 18 heavy (non-hydrogen) atoms. The molecule has 1 aromatic carbocycles. The van der Waals surface area contributed by atoms with Gasteiger partial charge in [-0.15, -0.1) is 0 Å². The zero-order valence-corrected chi connectivity index (χ0v) is 12.0. The molecule has 3 N–H and O–H groups in total. The molecule has 1 aliphatic heterocycles. The van der Waals surface area contributed by atoms with E-state index in [4.69, 9.17) is 15.9 Å². The Kier molecular flexibility index (Phi) is 4.24. The van der Waals surface area contributed by atoms with E-state index in [1.54, 1.807) is 0 Å². The topological polar surface area (TPSA) is 62.3 Å². The number of hydrogen-bond donors (Lipinski definition) is 2. The van der Waals surface area contributed by atoms with Crippen molar-refractivity contribution in [3.05, 3.63) is 28.2 Å². The quantitative estimate of drug-likeness (QED) is 0.665. The Bertz CT molecular complexity index is 450. The number of amidine groups is 1. The van der Waals surface area contributed by atoms with Gasteiger partial charge in [-0.3, -0.25) is 5.41 Å². The van der Waals surface area contributed by atoms with Gasteiger partial charge >= 0.3 is 0 Å². The molecule has 1 unspecified atom stereocenters. The molecule has 1 saturated heterocycles. The highest BCUT2D eigenvalue weighted by molar-refractivity contribution is 9.10. The monoisotopic (exact) mass is 311 g/mol. The maximum Gasteiger partial charge on any atom is 0.124 e. The van der Waals surface area contributed by atoms with Crippen LogP contribution in [-0.2, 0) is 4.74 Å². The second-order valence-corrected chi connectivity index (χ2v) is 5.32. The molecule has 4 nitrogen and oxygen atoms in total. The standard InChI is InChI=1S/C13H18BrN3O/c1-2-10-8-18-6-5-17(10)12-4-3-9(14)7-11(12)13(15)16/h3-4,7,10H,2,5-6,8H2,1H3,(H3,15,16). The molecule has 0 aromatic heterocycles. The van der Waals surface area contributed by atoms with Crippen LogP contribution in [0.25, 0.3) is 0 Å². The minimum absolute atomic E-state index is 0.104. The van der Waals surface area contributed by atoms with E-state index in [-0.39, 0.29) is 5.84 Å². The van der Waals surface area contributed by atoms with Gasteiger partial charge in [-0.25, -0.2) is 0 Å². The first-order chi connectivity index (χ1) is 8.63. The summed E-state index contributed by atoms with van der Waals surface area (Å²) in [5.41, 5.74) is 7.49. The summed E-state index contributed by atoms with van der Waals surface area (Å²) < 4.78 is 6.46. The van der Waals surface area contributed by atoms with E-state index in [0.29, 0.717) is 6.04 Å². The van der Waals surface area contributed by atoms with Crippen molar-refractivity contribution in [2.24, 2.45) is 5.73 Å². The highest BCUT2D eigenvalue weighted by Gasteiger charge is 2.24. The minimum atomic E-state index is 0.104. The summed E-state index contributed by atoms with van der Waals surface area (Å²) in [6.45, 7) is 4.47. The number of hydrogen-bond acceptors (Lipinski definition) is 3. The maximum absolute atomic E-state index is 7.71. The van der Waals surface area contributed by atoms with Crippen LogP contribution in [0.3, 0.4) is 0 Å². The molecule has 2 rings (SSSR count). The number of benzene rings is 1. The van der Waals surface area contributed by atoms with Gasteiger partial charge in [-0.2, -0.15) is 0 Å². The molecule has 0 aliphatic carbocycles. The van der Waals surface area contributed by atoms with E-state index in [9.17, 15) is 0 Å². The Morgan fingerprint density at radius 3 is 3.06 bits per heavy atom. The second-order valence-electron chi connectivity index (χ2n) is 4.41. The number of halogens is 1. The lowest BCUT2D eigenvalue weighted by Crippen LogP contribution is -2.46. The highest BCUT2D eigenvalue weighted by atomic mass is 79.9. The first-order valence-corrected chi connectivity index (χ1v) is 6.91. The molecule has 1 heterocycles. The van der Waals surface area contributed by atoms with Crippen molar-refractivity contribution in [1.29, 1.82) is 5.41 Å². The third-order valence-corrected chi connectivity index (χ3v) is 3.75. The fourth-order valence-corrected chi connectivity index (χ4v) is 2.65. The zero-order chi connectivity index (χ0) is 13.1. The summed E-state index contributed by atoms with van der Waals surface area (Å²) in [6, 6.07) is 6.27. The van der Waals surface area contributed by atoms with Gasteiger partial charge in [0.1, 0.15) is 5.84 Å². The lowest BCUT2D eigenvalue weighted by atomic mass is 10.1. The lowest BCUT2D eigenvalue weighted by molar-refractivity contribution is 0.0930. The fraction of sp³-hybridized carbons (Fsp3) is 0.462. The summed E-state index contributed by atoms with van der Waals surface area (Å²) in [5, 5.41) is 7.71. The molecule has 0 radical (unpaired) electrons. The molecule has 1 fully saturated rings. The maximum atomic E-state index is 7.71. The summed E-state index contributed by atoms with van der Waals surface area (Å²) in [4.78, 5) is 2.30. The lowest BCUT2D eigenvalue weighted by Gasteiger charge is -2.38. The molecule has 0 amide bonds. The van der Waals surface area contributed by atoms with Gasteiger partial charge in [-0.05, 0) is 24.6 Å². The number of nitrogens with zero attached hydrogens (tertiary/aromatic N) is 1. The number of nitrogens with two attached hydrogens (primary N) is 1. The molecule has 0 bridgehead atoms. The van der Waals surface area contributed by atoms with Crippen molar-refractivity contribution in [2.75, 3.05) is 24.7 Å². The summed E-state index contributed by atoms with van der Waals surface area (Å²) in [6.07, 6.45) is 1.02. The molecule has 98 valence electrons. The molecular formula is C13H18BrN3O.